The molecule has 7 atom stereocenters. The minimum absolute atomic E-state index is 0.780. The second kappa shape index (κ2) is 14.3. The molecule has 5 rings (SSSR count). The Balaban J connectivity index is 1.26. The third-order valence-corrected chi connectivity index (χ3v) is 10.7. The lowest BCUT2D eigenvalue weighted by Gasteiger charge is -2.34. The maximum absolute atomic E-state index is 2.60. The molecule has 0 amide bonds. The van der Waals surface area contributed by atoms with E-state index in [-0.39, 0.29) is 0 Å². The molecule has 0 heterocycles. The van der Waals surface area contributed by atoms with Crippen LogP contribution in [0.4, 0.5) is 0 Å². The van der Waals surface area contributed by atoms with Gasteiger partial charge < -0.3 is 0 Å². The second-order valence-corrected chi connectivity index (χ2v) is 13.5. The molecule has 7 unspecified atom stereocenters. The Morgan fingerprint density at radius 1 is 0.590 bits per heavy atom. The summed E-state index contributed by atoms with van der Waals surface area (Å²) < 4.78 is 0. The van der Waals surface area contributed by atoms with Crippen molar-refractivity contribution in [3.8, 4) is 0 Å². The predicted octanol–water partition coefficient (Wildman–Crippen LogP) is 10.6. The lowest BCUT2D eigenvalue weighted by molar-refractivity contribution is 0.171. The minimum atomic E-state index is 0.780. The highest BCUT2D eigenvalue weighted by molar-refractivity contribution is 5.16. The summed E-state index contributed by atoms with van der Waals surface area (Å²) >= 11 is 0. The van der Waals surface area contributed by atoms with Crippen LogP contribution in [0.3, 0.4) is 0 Å². The number of hydrogen-bond donors (Lipinski definition) is 0. The molecule has 0 nitrogen and oxygen atoms in total. The second-order valence-electron chi connectivity index (χ2n) is 13.5. The molecule has 0 heteroatoms. The Morgan fingerprint density at radius 3 is 1.59 bits per heavy atom. The van der Waals surface area contributed by atoms with Crippen LogP contribution in [-0.2, 0) is 19.3 Å². The van der Waals surface area contributed by atoms with Gasteiger partial charge in [-0.25, -0.2) is 0 Å². The molecular formula is C39H52. The Hall–Kier alpha value is -2.34. The van der Waals surface area contributed by atoms with E-state index in [0.717, 1.165) is 41.4 Å². The number of hydrogen-bond acceptors (Lipinski definition) is 0. The smallest absolute Gasteiger partial charge is 0.0276 e. The molecule has 3 aromatic rings. The summed E-state index contributed by atoms with van der Waals surface area (Å²) in [5.74, 6) is 6.45. The SMILES string of the molecule is CC(CCc1ccccc1)CC(CCc1ccccc1)CC(CCc1ccccc1)CC1C2CCC(C2)C1C. The van der Waals surface area contributed by atoms with Crippen molar-refractivity contribution in [3.05, 3.63) is 108 Å². The highest BCUT2D eigenvalue weighted by Gasteiger charge is 2.45. The van der Waals surface area contributed by atoms with Crippen molar-refractivity contribution in [2.45, 2.75) is 90.9 Å². The van der Waals surface area contributed by atoms with Crippen molar-refractivity contribution in [1.82, 2.24) is 0 Å². The number of fused-ring (bicyclic) bond motifs is 2. The van der Waals surface area contributed by atoms with E-state index >= 15 is 0 Å². The Bertz CT molecular complexity index is 1070. The van der Waals surface area contributed by atoms with E-state index in [1.165, 1.54) is 93.7 Å². The van der Waals surface area contributed by atoms with Gasteiger partial charge in [-0.05, 0) is 135 Å². The van der Waals surface area contributed by atoms with E-state index in [9.17, 15) is 0 Å². The van der Waals surface area contributed by atoms with Crippen LogP contribution >= 0.6 is 0 Å². The van der Waals surface area contributed by atoms with Crippen molar-refractivity contribution >= 4 is 0 Å². The predicted molar refractivity (Wildman–Crippen MR) is 168 cm³/mol. The van der Waals surface area contributed by atoms with Gasteiger partial charge in [-0.2, -0.15) is 0 Å². The van der Waals surface area contributed by atoms with Gasteiger partial charge in [0.2, 0.25) is 0 Å². The third-order valence-electron chi connectivity index (χ3n) is 10.7. The molecule has 2 fully saturated rings. The van der Waals surface area contributed by atoms with Gasteiger partial charge in [0.15, 0.2) is 0 Å². The van der Waals surface area contributed by atoms with Gasteiger partial charge >= 0.3 is 0 Å². The highest BCUT2D eigenvalue weighted by Crippen LogP contribution is 2.54. The molecule has 0 aliphatic heterocycles. The molecule has 3 aromatic carbocycles. The molecule has 0 N–H and O–H groups in total. The van der Waals surface area contributed by atoms with Crippen molar-refractivity contribution in [1.29, 1.82) is 0 Å². The molecule has 0 aromatic heterocycles. The summed E-state index contributed by atoms with van der Waals surface area (Å²) in [6.45, 7) is 5.12. The average Bonchev–Trinajstić information content (AvgIpc) is 3.57. The maximum Gasteiger partial charge on any atom is -0.0276 e. The molecule has 208 valence electrons. The van der Waals surface area contributed by atoms with Gasteiger partial charge in [-0.1, -0.05) is 105 Å². The van der Waals surface area contributed by atoms with Crippen LogP contribution in [0.1, 0.15) is 88.3 Å². The summed E-state index contributed by atoms with van der Waals surface area (Å²) in [7, 11) is 0. The van der Waals surface area contributed by atoms with Gasteiger partial charge in [0.25, 0.3) is 0 Å². The first-order valence-electron chi connectivity index (χ1n) is 16.3. The fraction of sp³-hybridized carbons (Fsp3) is 0.538. The summed E-state index contributed by atoms with van der Waals surface area (Å²) in [6, 6.07) is 33.7. The van der Waals surface area contributed by atoms with Gasteiger partial charge in [0.1, 0.15) is 0 Å². The van der Waals surface area contributed by atoms with Crippen LogP contribution in [-0.4, -0.2) is 0 Å². The van der Waals surface area contributed by atoms with Crippen LogP contribution in [0.25, 0.3) is 0 Å². The topological polar surface area (TPSA) is 0 Å². The van der Waals surface area contributed by atoms with E-state index in [4.69, 9.17) is 0 Å². The molecule has 0 spiro atoms. The Morgan fingerprint density at radius 2 is 1.08 bits per heavy atom. The maximum atomic E-state index is 2.60. The first kappa shape index (κ1) is 28.2. The van der Waals surface area contributed by atoms with E-state index in [1.807, 2.05) is 0 Å². The van der Waals surface area contributed by atoms with Crippen LogP contribution in [0.5, 0.6) is 0 Å². The van der Waals surface area contributed by atoms with Crippen LogP contribution in [0.2, 0.25) is 0 Å². The average molecular weight is 521 g/mol. The van der Waals surface area contributed by atoms with E-state index < -0.39 is 0 Å². The molecular weight excluding hydrogens is 468 g/mol. The van der Waals surface area contributed by atoms with E-state index in [2.05, 4.69) is 105 Å². The fourth-order valence-electron chi connectivity index (χ4n) is 8.40. The molecule has 0 saturated heterocycles. The Kier molecular flexibility index (Phi) is 10.4. The minimum Gasteiger partial charge on any atom is -0.0625 e. The van der Waals surface area contributed by atoms with Crippen LogP contribution in [0.15, 0.2) is 91.0 Å². The van der Waals surface area contributed by atoms with Crippen LogP contribution < -0.4 is 0 Å². The van der Waals surface area contributed by atoms with E-state index in [1.54, 1.807) is 0 Å². The largest absolute Gasteiger partial charge is 0.0625 e. The van der Waals surface area contributed by atoms with Gasteiger partial charge in [0, 0.05) is 0 Å². The molecule has 2 saturated carbocycles. The molecule has 39 heavy (non-hydrogen) atoms. The zero-order chi connectivity index (χ0) is 26.9. The Labute approximate surface area is 239 Å². The zero-order valence-corrected chi connectivity index (χ0v) is 24.7. The standard InChI is InChI=1S/C39H52/c1-30(18-19-32-12-6-3-7-13-32)26-35(22-20-33-14-8-4-9-15-33)27-36(23-21-34-16-10-5-11-17-34)28-39-31(2)37-24-25-38(39)29-37/h3-17,30-31,35-39H,18-29H2,1-2H3. The fourth-order valence-corrected chi connectivity index (χ4v) is 8.40. The summed E-state index contributed by atoms with van der Waals surface area (Å²) in [5, 5.41) is 0. The van der Waals surface area contributed by atoms with Crippen molar-refractivity contribution in [3.63, 3.8) is 0 Å². The molecule has 2 aliphatic carbocycles. The summed E-state index contributed by atoms with van der Waals surface area (Å²) in [4.78, 5) is 0. The zero-order valence-electron chi connectivity index (χ0n) is 24.7. The quantitative estimate of drug-likeness (QED) is 0.187. The van der Waals surface area contributed by atoms with Crippen molar-refractivity contribution < 1.29 is 0 Å². The molecule has 0 radical (unpaired) electrons. The lowest BCUT2D eigenvalue weighted by Crippen LogP contribution is -2.24. The summed E-state index contributed by atoms with van der Waals surface area (Å²) in [5.41, 5.74) is 4.54. The number of benzene rings is 3. The number of aryl methyl sites for hydroxylation is 3. The van der Waals surface area contributed by atoms with Gasteiger partial charge in [-0.3, -0.25) is 0 Å². The van der Waals surface area contributed by atoms with Gasteiger partial charge in [0.05, 0.1) is 0 Å². The van der Waals surface area contributed by atoms with E-state index in [0.29, 0.717) is 0 Å². The van der Waals surface area contributed by atoms with Crippen molar-refractivity contribution in [2.75, 3.05) is 0 Å². The highest BCUT2D eigenvalue weighted by atomic mass is 14.5. The first-order valence-corrected chi connectivity index (χ1v) is 16.3. The van der Waals surface area contributed by atoms with Crippen molar-refractivity contribution in [2.24, 2.45) is 41.4 Å². The van der Waals surface area contributed by atoms with Crippen LogP contribution in [0, 0.1) is 41.4 Å². The van der Waals surface area contributed by atoms with Gasteiger partial charge in [-0.15, -0.1) is 0 Å². The number of rotatable bonds is 15. The monoisotopic (exact) mass is 520 g/mol. The third kappa shape index (κ3) is 8.33. The normalized spacial score (nSPS) is 24.5. The summed E-state index contributed by atoms with van der Waals surface area (Å²) in [6.07, 6.45) is 16.6. The lowest BCUT2D eigenvalue weighted by atomic mass is 9.72. The molecule has 2 aliphatic rings. The molecule has 2 bridgehead atoms. The first-order chi connectivity index (χ1) is 19.1.